The van der Waals surface area contributed by atoms with Gasteiger partial charge in [0, 0.05) is 6.20 Å². The zero-order valence-corrected chi connectivity index (χ0v) is 22.5. The van der Waals surface area contributed by atoms with Gasteiger partial charge in [-0.1, -0.05) is 29.8 Å². The second-order valence-corrected chi connectivity index (χ2v) is 11.0. The van der Waals surface area contributed by atoms with Gasteiger partial charge in [-0.3, -0.25) is 9.32 Å². The van der Waals surface area contributed by atoms with E-state index in [0.717, 1.165) is 0 Å². The van der Waals surface area contributed by atoms with Gasteiger partial charge in [-0.15, -0.1) is 0 Å². The van der Waals surface area contributed by atoms with Gasteiger partial charge in [0.05, 0.1) is 23.1 Å². The summed E-state index contributed by atoms with van der Waals surface area (Å²) < 4.78 is 37.3. The highest BCUT2D eigenvalue weighted by Crippen LogP contribution is 2.46. The standard InChI is InChI=1S/C23H29ClN5O8P/c1-12(2)35-23(32)13(3)28-38(33,37-14-7-5-4-6-8-14)34-10-16-18(30)19(31)22(36-16)29-9-15(24)17-20(25)26-11-27-21(17)29/h4-9,11-13,16,18-19,22,30-31H,10H2,1-3H3,(H,28,33)(H2,25,26,27)/t13-,16-,18+,19-,22-,38?/m1/s1. The van der Waals surface area contributed by atoms with Crippen molar-refractivity contribution < 1.29 is 38.1 Å². The number of esters is 1. The lowest BCUT2D eigenvalue weighted by molar-refractivity contribution is -0.149. The van der Waals surface area contributed by atoms with Crippen LogP contribution >= 0.6 is 19.3 Å². The van der Waals surface area contributed by atoms with Crippen molar-refractivity contribution in [1.29, 1.82) is 0 Å². The summed E-state index contributed by atoms with van der Waals surface area (Å²) in [6.45, 7) is 4.35. The van der Waals surface area contributed by atoms with Gasteiger partial charge in [0.2, 0.25) is 0 Å². The normalized spacial score (nSPS) is 23.9. The first kappa shape index (κ1) is 28.2. The van der Waals surface area contributed by atoms with Crippen LogP contribution in [0.4, 0.5) is 5.82 Å². The van der Waals surface area contributed by atoms with Crippen LogP contribution in [0.5, 0.6) is 5.75 Å². The highest BCUT2D eigenvalue weighted by atomic mass is 35.5. The van der Waals surface area contributed by atoms with Crippen molar-refractivity contribution in [3.05, 3.63) is 47.9 Å². The molecule has 1 aliphatic rings. The van der Waals surface area contributed by atoms with Gasteiger partial charge in [-0.25, -0.2) is 14.5 Å². The third-order valence-electron chi connectivity index (χ3n) is 5.64. The van der Waals surface area contributed by atoms with Crippen LogP contribution in [0.15, 0.2) is 42.9 Å². The Hall–Kier alpha value is -2.77. The highest BCUT2D eigenvalue weighted by Gasteiger charge is 2.46. The molecule has 1 unspecified atom stereocenters. The highest BCUT2D eigenvalue weighted by molar-refractivity contribution is 7.52. The average molecular weight is 570 g/mol. The number of anilines is 1. The number of carbonyl (C=O) groups excluding carboxylic acids is 1. The number of hydrogen-bond donors (Lipinski definition) is 4. The van der Waals surface area contributed by atoms with Gasteiger partial charge >= 0.3 is 13.7 Å². The zero-order chi connectivity index (χ0) is 27.6. The number of nitrogens with zero attached hydrogens (tertiary/aromatic N) is 3. The molecule has 0 spiro atoms. The summed E-state index contributed by atoms with van der Waals surface area (Å²) in [5.74, 6) is -0.308. The van der Waals surface area contributed by atoms with E-state index in [2.05, 4.69) is 15.1 Å². The minimum Gasteiger partial charge on any atom is -0.462 e. The molecule has 15 heteroatoms. The monoisotopic (exact) mass is 569 g/mol. The number of halogens is 1. The lowest BCUT2D eigenvalue weighted by atomic mass is 10.1. The summed E-state index contributed by atoms with van der Waals surface area (Å²) in [6.07, 6.45) is -2.83. The Morgan fingerprint density at radius 2 is 1.95 bits per heavy atom. The van der Waals surface area contributed by atoms with Gasteiger partial charge in [0.15, 0.2) is 6.23 Å². The first-order valence-corrected chi connectivity index (χ1v) is 13.7. The number of fused-ring (bicyclic) bond motifs is 1. The first-order valence-electron chi connectivity index (χ1n) is 11.7. The zero-order valence-electron chi connectivity index (χ0n) is 20.8. The van der Waals surface area contributed by atoms with E-state index in [9.17, 15) is 19.6 Å². The molecule has 0 amide bonds. The third kappa shape index (κ3) is 6.10. The van der Waals surface area contributed by atoms with Crippen LogP contribution in [0.25, 0.3) is 11.0 Å². The van der Waals surface area contributed by atoms with Gasteiger partial charge in [-0.2, -0.15) is 5.09 Å². The molecule has 0 radical (unpaired) electrons. The fraction of sp³-hybridized carbons (Fsp3) is 0.435. The number of aliphatic hydroxyl groups excluding tert-OH is 2. The van der Waals surface area contributed by atoms with Gasteiger partial charge in [0.25, 0.3) is 0 Å². The molecule has 1 aromatic carbocycles. The van der Waals surface area contributed by atoms with Crippen molar-refractivity contribution in [2.24, 2.45) is 0 Å². The summed E-state index contributed by atoms with van der Waals surface area (Å²) in [7, 11) is -4.22. The molecule has 1 aliphatic heterocycles. The van der Waals surface area contributed by atoms with Crippen LogP contribution in [0.1, 0.15) is 27.0 Å². The van der Waals surface area contributed by atoms with E-state index >= 15 is 0 Å². The second-order valence-electron chi connectivity index (χ2n) is 8.92. The number of rotatable bonds is 10. The molecule has 206 valence electrons. The third-order valence-corrected chi connectivity index (χ3v) is 7.57. The largest absolute Gasteiger partial charge is 0.462 e. The molecule has 6 atom stereocenters. The Morgan fingerprint density at radius 3 is 2.63 bits per heavy atom. The Kier molecular flexibility index (Phi) is 8.58. The summed E-state index contributed by atoms with van der Waals surface area (Å²) in [5.41, 5.74) is 6.19. The molecule has 13 nitrogen and oxygen atoms in total. The Labute approximate surface area is 223 Å². The maximum atomic E-state index is 13.7. The van der Waals surface area contributed by atoms with Gasteiger partial charge < -0.3 is 34.5 Å². The van der Waals surface area contributed by atoms with Crippen molar-refractivity contribution in [3.63, 3.8) is 0 Å². The van der Waals surface area contributed by atoms with Crippen molar-refractivity contribution in [1.82, 2.24) is 19.6 Å². The van der Waals surface area contributed by atoms with Crippen LogP contribution in [0, 0.1) is 0 Å². The predicted molar refractivity (Wildman–Crippen MR) is 137 cm³/mol. The maximum Gasteiger partial charge on any atom is 0.459 e. The molecule has 38 heavy (non-hydrogen) atoms. The van der Waals surface area contributed by atoms with E-state index in [1.54, 1.807) is 44.2 Å². The molecule has 2 aromatic heterocycles. The van der Waals surface area contributed by atoms with E-state index in [0.29, 0.717) is 5.39 Å². The molecule has 0 bridgehead atoms. The number of hydrogen-bond acceptors (Lipinski definition) is 11. The van der Waals surface area contributed by atoms with E-state index in [1.165, 1.54) is 24.0 Å². The second kappa shape index (κ2) is 11.5. The lowest BCUT2D eigenvalue weighted by Gasteiger charge is -2.25. The summed E-state index contributed by atoms with van der Waals surface area (Å²) in [6, 6.07) is 7.15. The molecule has 0 aliphatic carbocycles. The fourth-order valence-electron chi connectivity index (χ4n) is 3.86. The molecule has 3 aromatic rings. The minimum atomic E-state index is -4.22. The number of nitrogens with one attached hydrogen (secondary N) is 1. The molecule has 4 rings (SSSR count). The van der Waals surface area contributed by atoms with Crippen LogP contribution in [0.2, 0.25) is 5.02 Å². The molecule has 5 N–H and O–H groups in total. The van der Waals surface area contributed by atoms with E-state index in [-0.39, 0.29) is 28.3 Å². The fourth-order valence-corrected chi connectivity index (χ4v) is 5.65. The first-order chi connectivity index (χ1) is 18.0. The van der Waals surface area contributed by atoms with E-state index in [4.69, 9.17) is 35.9 Å². The molecule has 3 heterocycles. The number of carbonyl (C=O) groups is 1. The summed E-state index contributed by atoms with van der Waals surface area (Å²) in [5, 5.41) is 24.6. The number of ether oxygens (including phenoxy) is 2. The summed E-state index contributed by atoms with van der Waals surface area (Å²) >= 11 is 6.28. The van der Waals surface area contributed by atoms with Gasteiger partial charge in [0.1, 0.15) is 47.9 Å². The van der Waals surface area contributed by atoms with Gasteiger partial charge in [-0.05, 0) is 32.9 Å². The molecule has 1 fully saturated rings. The quantitative estimate of drug-likeness (QED) is 0.207. The number of aromatic nitrogens is 3. The predicted octanol–water partition coefficient (Wildman–Crippen LogP) is 2.42. The number of benzene rings is 1. The van der Waals surface area contributed by atoms with Crippen LogP contribution in [-0.2, 0) is 23.4 Å². The average Bonchev–Trinajstić information content (AvgIpc) is 3.34. The number of nitrogens with two attached hydrogens (primary N) is 1. The number of aliphatic hydroxyl groups is 2. The number of nitrogen functional groups attached to an aromatic ring is 1. The molecule has 0 saturated carbocycles. The van der Waals surface area contributed by atoms with Crippen molar-refractivity contribution >= 4 is 42.2 Å². The van der Waals surface area contributed by atoms with Crippen molar-refractivity contribution in [2.45, 2.75) is 57.5 Å². The van der Waals surface area contributed by atoms with Crippen LogP contribution < -0.4 is 15.3 Å². The SMILES string of the molecule is CC(C)OC(=O)[C@@H](C)NP(=O)(OC[C@H]1O[C@@H](n2cc(Cl)c3c(N)ncnc32)[C@H](O)[C@H]1O)Oc1ccccc1. The maximum absolute atomic E-state index is 13.7. The van der Waals surface area contributed by atoms with Crippen molar-refractivity contribution in [3.8, 4) is 5.75 Å². The number of para-hydroxylation sites is 1. The lowest BCUT2D eigenvalue weighted by Crippen LogP contribution is -2.38. The smallest absolute Gasteiger partial charge is 0.459 e. The molecular formula is C23H29ClN5O8P. The van der Waals surface area contributed by atoms with Crippen LogP contribution in [-0.4, -0.2) is 67.8 Å². The van der Waals surface area contributed by atoms with Crippen molar-refractivity contribution in [2.75, 3.05) is 12.3 Å². The topological polar surface area (TPSA) is 180 Å². The molecular weight excluding hydrogens is 541 g/mol. The minimum absolute atomic E-state index is 0.141. The Morgan fingerprint density at radius 1 is 1.24 bits per heavy atom. The van der Waals surface area contributed by atoms with E-state index < -0.39 is 50.9 Å². The molecule has 1 saturated heterocycles. The van der Waals surface area contributed by atoms with E-state index in [1.807, 2.05) is 0 Å². The summed E-state index contributed by atoms with van der Waals surface area (Å²) in [4.78, 5) is 20.4. The Balaban J connectivity index is 1.52. The van der Waals surface area contributed by atoms with Crippen LogP contribution in [0.3, 0.4) is 0 Å². The Bertz CT molecular complexity index is 1330.